The average Bonchev–Trinajstić information content (AvgIpc) is 2.75. The lowest BCUT2D eigenvalue weighted by atomic mass is 9.89. The summed E-state index contributed by atoms with van der Waals surface area (Å²) in [5.74, 6) is 0.391. The van der Waals surface area contributed by atoms with Crippen molar-refractivity contribution in [3.8, 4) is 6.07 Å². The Morgan fingerprint density at radius 2 is 1.83 bits per heavy atom. The number of likely N-dealkylation sites (tertiary alicyclic amines) is 1. The van der Waals surface area contributed by atoms with Crippen LogP contribution in [0.4, 0.5) is 10.5 Å². The van der Waals surface area contributed by atoms with Crippen molar-refractivity contribution in [3.63, 3.8) is 0 Å². The lowest BCUT2D eigenvalue weighted by Crippen LogP contribution is -2.38. The highest BCUT2D eigenvalue weighted by Crippen LogP contribution is 2.29. The number of hydrogen-bond donors (Lipinski definition) is 2. The van der Waals surface area contributed by atoms with Crippen molar-refractivity contribution in [3.05, 3.63) is 64.7 Å². The van der Waals surface area contributed by atoms with Crippen LogP contribution in [0.2, 0.25) is 0 Å². The van der Waals surface area contributed by atoms with Gasteiger partial charge in [0.05, 0.1) is 11.6 Å². The number of urea groups is 1. The predicted molar refractivity (Wildman–Crippen MR) is 113 cm³/mol. The van der Waals surface area contributed by atoms with Gasteiger partial charge in [-0.05, 0) is 68.0 Å². The van der Waals surface area contributed by atoms with Crippen LogP contribution in [-0.4, -0.2) is 36.5 Å². The average molecular weight is 390 g/mol. The van der Waals surface area contributed by atoms with E-state index in [1.165, 1.54) is 5.56 Å². The van der Waals surface area contributed by atoms with Crippen molar-refractivity contribution < 1.29 is 9.59 Å². The third kappa shape index (κ3) is 4.94. The van der Waals surface area contributed by atoms with Crippen LogP contribution in [0.5, 0.6) is 0 Å². The van der Waals surface area contributed by atoms with E-state index < -0.39 is 0 Å². The summed E-state index contributed by atoms with van der Waals surface area (Å²) in [5, 5.41) is 14.4. The van der Waals surface area contributed by atoms with Gasteiger partial charge in [0, 0.05) is 30.9 Å². The summed E-state index contributed by atoms with van der Waals surface area (Å²) in [7, 11) is 0. The number of carbonyl (C=O) groups is 2. The summed E-state index contributed by atoms with van der Waals surface area (Å²) in [6.45, 7) is 5.68. The number of aryl methyl sites for hydroxylation is 1. The van der Waals surface area contributed by atoms with E-state index in [-0.39, 0.29) is 11.9 Å². The summed E-state index contributed by atoms with van der Waals surface area (Å²) in [5.41, 5.74) is 4.03. The highest BCUT2D eigenvalue weighted by atomic mass is 16.2. The quantitative estimate of drug-likeness (QED) is 0.827. The third-order valence-corrected chi connectivity index (χ3v) is 5.36. The lowest BCUT2D eigenvalue weighted by molar-refractivity contribution is 0.0713. The Labute approximate surface area is 171 Å². The molecule has 1 heterocycles. The summed E-state index contributed by atoms with van der Waals surface area (Å²) < 4.78 is 0. The minimum atomic E-state index is -0.275. The molecule has 29 heavy (non-hydrogen) atoms. The van der Waals surface area contributed by atoms with Gasteiger partial charge in [0.25, 0.3) is 5.91 Å². The van der Waals surface area contributed by atoms with E-state index in [2.05, 4.69) is 16.7 Å². The summed E-state index contributed by atoms with van der Waals surface area (Å²) in [6, 6.07) is 15.0. The van der Waals surface area contributed by atoms with Gasteiger partial charge in [0.2, 0.25) is 0 Å². The second-order valence-electron chi connectivity index (χ2n) is 7.31. The molecule has 6 nitrogen and oxygen atoms in total. The molecule has 0 spiro atoms. The smallest absolute Gasteiger partial charge is 0.319 e. The first-order valence-electron chi connectivity index (χ1n) is 9.96. The Hall–Kier alpha value is -3.33. The highest BCUT2D eigenvalue weighted by Gasteiger charge is 2.25. The number of carbonyl (C=O) groups excluding carboxylic acids is 2. The molecule has 2 N–H and O–H groups in total. The van der Waals surface area contributed by atoms with E-state index >= 15 is 0 Å². The first-order chi connectivity index (χ1) is 14.0. The van der Waals surface area contributed by atoms with Crippen molar-refractivity contribution in [2.24, 2.45) is 0 Å². The van der Waals surface area contributed by atoms with Crippen molar-refractivity contribution in [2.45, 2.75) is 32.6 Å². The molecule has 2 aromatic rings. The molecule has 3 rings (SSSR count). The van der Waals surface area contributed by atoms with Crippen LogP contribution in [0.1, 0.15) is 52.7 Å². The van der Waals surface area contributed by atoms with Gasteiger partial charge in [-0.3, -0.25) is 4.79 Å². The molecule has 3 amide bonds. The van der Waals surface area contributed by atoms with E-state index in [1.54, 1.807) is 6.07 Å². The van der Waals surface area contributed by atoms with Crippen LogP contribution >= 0.6 is 0 Å². The summed E-state index contributed by atoms with van der Waals surface area (Å²) in [6.07, 6.45) is 1.79. The topological polar surface area (TPSA) is 85.2 Å². The Kier molecular flexibility index (Phi) is 6.50. The third-order valence-electron chi connectivity index (χ3n) is 5.36. The minimum absolute atomic E-state index is 0.0118. The first-order valence-corrected chi connectivity index (χ1v) is 9.96. The van der Waals surface area contributed by atoms with Gasteiger partial charge in [-0.25, -0.2) is 4.79 Å². The molecule has 0 aliphatic carbocycles. The molecule has 2 aromatic carbocycles. The zero-order valence-corrected chi connectivity index (χ0v) is 16.9. The Bertz CT molecular complexity index is 923. The van der Waals surface area contributed by atoms with E-state index in [4.69, 9.17) is 5.26 Å². The standard InChI is InChI=1S/C23H26N4O2/c1-3-25-23(29)26-21-14-20(7-4-16(21)2)22(28)27-12-10-19(11-13-27)18-8-5-17(15-24)6-9-18/h4-9,14,19H,3,10-13H2,1-2H3,(H2,25,26,29). The normalized spacial score (nSPS) is 14.2. The highest BCUT2D eigenvalue weighted by molar-refractivity contribution is 5.97. The second kappa shape index (κ2) is 9.24. The summed E-state index contributed by atoms with van der Waals surface area (Å²) in [4.78, 5) is 26.7. The van der Waals surface area contributed by atoms with Crippen LogP contribution in [0.25, 0.3) is 0 Å². The number of rotatable bonds is 4. The molecular weight excluding hydrogens is 364 g/mol. The van der Waals surface area contributed by atoms with Gasteiger partial charge in [-0.2, -0.15) is 5.26 Å². The Balaban J connectivity index is 1.64. The van der Waals surface area contributed by atoms with E-state index in [1.807, 2.05) is 55.1 Å². The van der Waals surface area contributed by atoms with E-state index in [0.717, 1.165) is 18.4 Å². The molecule has 0 saturated carbocycles. The Morgan fingerprint density at radius 3 is 2.45 bits per heavy atom. The molecule has 150 valence electrons. The maximum Gasteiger partial charge on any atom is 0.319 e. The molecule has 6 heteroatoms. The zero-order valence-electron chi connectivity index (χ0n) is 16.9. The molecule has 0 unspecified atom stereocenters. The second-order valence-corrected chi connectivity index (χ2v) is 7.31. The van der Waals surface area contributed by atoms with Crippen LogP contribution in [0.15, 0.2) is 42.5 Å². The number of piperidine rings is 1. The molecule has 1 aliphatic heterocycles. The largest absolute Gasteiger partial charge is 0.339 e. The minimum Gasteiger partial charge on any atom is -0.339 e. The fraction of sp³-hybridized carbons (Fsp3) is 0.348. The maximum absolute atomic E-state index is 13.0. The van der Waals surface area contributed by atoms with Gasteiger partial charge >= 0.3 is 6.03 Å². The van der Waals surface area contributed by atoms with Gasteiger partial charge in [-0.1, -0.05) is 18.2 Å². The van der Waals surface area contributed by atoms with Gasteiger partial charge in [-0.15, -0.1) is 0 Å². The number of anilines is 1. The number of hydrogen-bond acceptors (Lipinski definition) is 3. The van der Waals surface area contributed by atoms with Crippen LogP contribution in [-0.2, 0) is 0 Å². The fourth-order valence-electron chi connectivity index (χ4n) is 3.65. The number of benzene rings is 2. The molecule has 0 atom stereocenters. The van der Waals surface area contributed by atoms with Crippen molar-refractivity contribution in [2.75, 3.05) is 25.0 Å². The predicted octanol–water partition coefficient (Wildman–Crippen LogP) is 4.03. The van der Waals surface area contributed by atoms with Crippen molar-refractivity contribution >= 4 is 17.6 Å². The van der Waals surface area contributed by atoms with E-state index in [0.29, 0.717) is 42.4 Å². The molecule has 0 aromatic heterocycles. The molecular formula is C23H26N4O2. The number of nitrogens with one attached hydrogen (secondary N) is 2. The Morgan fingerprint density at radius 1 is 1.14 bits per heavy atom. The molecule has 1 fully saturated rings. The lowest BCUT2D eigenvalue weighted by Gasteiger charge is -2.32. The molecule has 1 aliphatic rings. The van der Waals surface area contributed by atoms with Gasteiger partial charge < -0.3 is 15.5 Å². The molecule has 1 saturated heterocycles. The SMILES string of the molecule is CCNC(=O)Nc1cc(C(=O)N2CCC(c3ccc(C#N)cc3)CC2)ccc1C. The van der Waals surface area contributed by atoms with Crippen LogP contribution in [0.3, 0.4) is 0 Å². The number of amides is 3. The molecule has 0 bridgehead atoms. The van der Waals surface area contributed by atoms with Gasteiger partial charge in [0.15, 0.2) is 0 Å². The fourth-order valence-corrected chi connectivity index (χ4v) is 3.65. The summed E-state index contributed by atoms with van der Waals surface area (Å²) >= 11 is 0. The van der Waals surface area contributed by atoms with Crippen LogP contribution in [0, 0.1) is 18.3 Å². The van der Waals surface area contributed by atoms with E-state index in [9.17, 15) is 9.59 Å². The number of nitrogens with zero attached hydrogens (tertiary/aromatic N) is 2. The first kappa shape index (κ1) is 20.4. The van der Waals surface area contributed by atoms with Crippen LogP contribution < -0.4 is 10.6 Å². The number of nitriles is 1. The zero-order chi connectivity index (χ0) is 20.8. The van der Waals surface area contributed by atoms with Crippen molar-refractivity contribution in [1.82, 2.24) is 10.2 Å². The van der Waals surface area contributed by atoms with Crippen molar-refractivity contribution in [1.29, 1.82) is 5.26 Å². The maximum atomic E-state index is 13.0. The monoisotopic (exact) mass is 390 g/mol. The van der Waals surface area contributed by atoms with Gasteiger partial charge in [0.1, 0.15) is 0 Å². The molecule has 0 radical (unpaired) electrons.